The van der Waals surface area contributed by atoms with Crippen molar-refractivity contribution in [3.63, 3.8) is 0 Å². The van der Waals surface area contributed by atoms with Gasteiger partial charge in [-0.2, -0.15) is 0 Å². The van der Waals surface area contributed by atoms with Crippen LogP contribution in [0.2, 0.25) is 0 Å². The highest BCUT2D eigenvalue weighted by atomic mass is 16.3. The monoisotopic (exact) mass is 330 g/mol. The Morgan fingerprint density at radius 1 is 1.00 bits per heavy atom. The minimum atomic E-state index is -0.312. The van der Waals surface area contributed by atoms with E-state index >= 15 is 0 Å². The summed E-state index contributed by atoms with van der Waals surface area (Å²) in [6.07, 6.45) is 5.24. The molecule has 24 heavy (non-hydrogen) atoms. The molecule has 0 saturated heterocycles. The third-order valence-corrected chi connectivity index (χ3v) is 3.28. The van der Waals surface area contributed by atoms with E-state index in [4.69, 9.17) is 4.42 Å². The Morgan fingerprint density at radius 3 is 2.62 bits per heavy atom. The predicted molar refractivity (Wildman–Crippen MR) is 90.6 cm³/mol. The zero-order valence-electron chi connectivity index (χ0n) is 13.5. The zero-order valence-corrected chi connectivity index (χ0v) is 13.5. The standard InChI is InChI=1S/C17H22N4O3/c22-16(8-12-21-17(23)14-6-5-13-24-14)20-11-4-3-10-19-15-7-1-2-9-18-15/h1-2,5-7,9,13H,3-4,8,10-12H2,(H,18,19)(H,20,22)(H,21,23). The van der Waals surface area contributed by atoms with Gasteiger partial charge in [-0.3, -0.25) is 9.59 Å². The molecule has 0 aliphatic carbocycles. The maximum atomic E-state index is 11.7. The van der Waals surface area contributed by atoms with Crippen LogP contribution in [0.3, 0.4) is 0 Å². The summed E-state index contributed by atoms with van der Waals surface area (Å²) < 4.78 is 4.96. The molecule has 0 atom stereocenters. The molecule has 128 valence electrons. The van der Waals surface area contributed by atoms with Crippen molar-refractivity contribution in [1.29, 1.82) is 0 Å². The number of aromatic nitrogens is 1. The first-order valence-electron chi connectivity index (χ1n) is 7.99. The van der Waals surface area contributed by atoms with E-state index in [0.29, 0.717) is 6.54 Å². The van der Waals surface area contributed by atoms with Gasteiger partial charge in [-0.05, 0) is 37.1 Å². The molecule has 3 N–H and O–H groups in total. The molecule has 0 fully saturated rings. The largest absolute Gasteiger partial charge is 0.459 e. The summed E-state index contributed by atoms with van der Waals surface area (Å²) in [5, 5.41) is 8.68. The molecule has 0 aliphatic rings. The van der Waals surface area contributed by atoms with E-state index < -0.39 is 0 Å². The Kier molecular flexibility index (Phi) is 7.33. The summed E-state index contributed by atoms with van der Waals surface area (Å²) in [4.78, 5) is 27.4. The molecule has 2 heterocycles. The molecule has 0 aromatic carbocycles. The molecule has 0 radical (unpaired) electrons. The van der Waals surface area contributed by atoms with Crippen molar-refractivity contribution in [2.75, 3.05) is 25.0 Å². The lowest BCUT2D eigenvalue weighted by Gasteiger charge is -2.07. The van der Waals surface area contributed by atoms with Crippen LogP contribution in [-0.2, 0) is 4.79 Å². The number of amides is 2. The number of pyridine rings is 1. The number of carbonyl (C=O) groups is 2. The first-order chi connectivity index (χ1) is 11.8. The van der Waals surface area contributed by atoms with Gasteiger partial charge in [-0.15, -0.1) is 0 Å². The molecule has 2 aromatic heterocycles. The van der Waals surface area contributed by atoms with Gasteiger partial charge in [0.1, 0.15) is 5.82 Å². The Bertz CT molecular complexity index is 614. The highest BCUT2D eigenvalue weighted by Gasteiger charge is 2.08. The quantitative estimate of drug-likeness (QED) is 0.577. The van der Waals surface area contributed by atoms with E-state index in [2.05, 4.69) is 20.9 Å². The lowest BCUT2D eigenvalue weighted by Crippen LogP contribution is -2.31. The van der Waals surface area contributed by atoms with E-state index in [1.807, 2.05) is 18.2 Å². The van der Waals surface area contributed by atoms with Crippen LogP contribution in [0.15, 0.2) is 47.2 Å². The first kappa shape index (κ1) is 17.5. The van der Waals surface area contributed by atoms with Gasteiger partial charge in [0.25, 0.3) is 5.91 Å². The summed E-state index contributed by atoms with van der Waals surface area (Å²) >= 11 is 0. The Morgan fingerprint density at radius 2 is 1.88 bits per heavy atom. The fourth-order valence-electron chi connectivity index (χ4n) is 2.03. The van der Waals surface area contributed by atoms with Crippen molar-refractivity contribution in [1.82, 2.24) is 15.6 Å². The van der Waals surface area contributed by atoms with E-state index in [-0.39, 0.29) is 30.5 Å². The van der Waals surface area contributed by atoms with Crippen LogP contribution in [0.1, 0.15) is 29.8 Å². The fourth-order valence-corrected chi connectivity index (χ4v) is 2.03. The van der Waals surface area contributed by atoms with Crippen LogP contribution in [-0.4, -0.2) is 36.4 Å². The van der Waals surface area contributed by atoms with Gasteiger partial charge in [-0.1, -0.05) is 6.07 Å². The summed E-state index contributed by atoms with van der Waals surface area (Å²) in [7, 11) is 0. The van der Waals surface area contributed by atoms with Gasteiger partial charge >= 0.3 is 0 Å². The van der Waals surface area contributed by atoms with Crippen LogP contribution < -0.4 is 16.0 Å². The SMILES string of the molecule is O=C(CCNC(=O)c1ccco1)NCCCCNc1ccccn1. The molecular weight excluding hydrogens is 308 g/mol. The second-order valence-electron chi connectivity index (χ2n) is 5.18. The summed E-state index contributed by atoms with van der Waals surface area (Å²) in [5.41, 5.74) is 0. The third kappa shape index (κ3) is 6.51. The minimum absolute atomic E-state index is 0.0765. The van der Waals surface area contributed by atoms with Crippen molar-refractivity contribution >= 4 is 17.6 Å². The van der Waals surface area contributed by atoms with Crippen molar-refractivity contribution in [3.05, 3.63) is 48.6 Å². The van der Waals surface area contributed by atoms with Gasteiger partial charge in [0.15, 0.2) is 5.76 Å². The minimum Gasteiger partial charge on any atom is -0.459 e. The molecule has 0 bridgehead atoms. The number of carbonyl (C=O) groups excluding carboxylic acids is 2. The summed E-state index contributed by atoms with van der Waals surface area (Å²) in [6.45, 7) is 1.72. The highest BCUT2D eigenvalue weighted by molar-refractivity contribution is 5.91. The van der Waals surface area contributed by atoms with Crippen LogP contribution in [0.25, 0.3) is 0 Å². The van der Waals surface area contributed by atoms with Gasteiger partial charge in [0, 0.05) is 32.3 Å². The van der Waals surface area contributed by atoms with Gasteiger partial charge < -0.3 is 20.4 Å². The predicted octanol–water partition coefficient (Wildman–Crippen LogP) is 1.80. The Labute approximate surface area is 140 Å². The molecule has 2 aromatic rings. The van der Waals surface area contributed by atoms with Crippen molar-refractivity contribution in [2.24, 2.45) is 0 Å². The maximum Gasteiger partial charge on any atom is 0.286 e. The van der Waals surface area contributed by atoms with Crippen molar-refractivity contribution in [2.45, 2.75) is 19.3 Å². The smallest absolute Gasteiger partial charge is 0.286 e. The second kappa shape index (κ2) is 10.0. The number of nitrogens with zero attached hydrogens (tertiary/aromatic N) is 1. The first-order valence-corrected chi connectivity index (χ1v) is 7.99. The average molecular weight is 330 g/mol. The molecule has 2 rings (SSSR count). The van der Waals surface area contributed by atoms with E-state index in [1.165, 1.54) is 6.26 Å². The molecule has 0 spiro atoms. The molecule has 0 unspecified atom stereocenters. The van der Waals surface area contributed by atoms with Crippen LogP contribution in [0.5, 0.6) is 0 Å². The fraction of sp³-hybridized carbons (Fsp3) is 0.353. The van der Waals surface area contributed by atoms with Crippen LogP contribution in [0.4, 0.5) is 5.82 Å². The topological polar surface area (TPSA) is 96.3 Å². The van der Waals surface area contributed by atoms with E-state index in [0.717, 1.165) is 25.2 Å². The number of hydrogen-bond acceptors (Lipinski definition) is 5. The lowest BCUT2D eigenvalue weighted by atomic mass is 10.3. The van der Waals surface area contributed by atoms with Crippen molar-refractivity contribution in [3.8, 4) is 0 Å². The second-order valence-corrected chi connectivity index (χ2v) is 5.18. The molecule has 7 heteroatoms. The zero-order chi connectivity index (χ0) is 17.0. The van der Waals surface area contributed by atoms with E-state index in [9.17, 15) is 9.59 Å². The van der Waals surface area contributed by atoms with Crippen molar-refractivity contribution < 1.29 is 14.0 Å². The number of rotatable bonds is 10. The van der Waals surface area contributed by atoms with Crippen LogP contribution >= 0.6 is 0 Å². The van der Waals surface area contributed by atoms with Crippen LogP contribution in [0, 0.1) is 0 Å². The molecule has 7 nitrogen and oxygen atoms in total. The molecule has 0 saturated carbocycles. The molecular formula is C17H22N4O3. The number of hydrogen-bond donors (Lipinski definition) is 3. The number of unbranched alkanes of at least 4 members (excludes halogenated alkanes) is 1. The average Bonchev–Trinajstić information content (AvgIpc) is 3.13. The molecule has 2 amide bonds. The summed E-state index contributed by atoms with van der Waals surface area (Å²) in [6, 6.07) is 8.94. The third-order valence-electron chi connectivity index (χ3n) is 3.28. The number of furan rings is 1. The van der Waals surface area contributed by atoms with Gasteiger partial charge in [-0.25, -0.2) is 4.98 Å². The van der Waals surface area contributed by atoms with E-state index in [1.54, 1.807) is 18.3 Å². The Balaban J connectivity index is 1.46. The summed E-state index contributed by atoms with van der Waals surface area (Å²) in [5.74, 6) is 0.713. The van der Waals surface area contributed by atoms with Gasteiger partial charge in [0.05, 0.1) is 6.26 Å². The maximum absolute atomic E-state index is 11.7. The number of anilines is 1. The van der Waals surface area contributed by atoms with Gasteiger partial charge in [0.2, 0.25) is 5.91 Å². The number of nitrogens with one attached hydrogen (secondary N) is 3. The Hall–Kier alpha value is -2.83. The normalized spacial score (nSPS) is 10.2. The lowest BCUT2D eigenvalue weighted by molar-refractivity contribution is -0.120. The molecule has 0 aliphatic heterocycles. The highest BCUT2D eigenvalue weighted by Crippen LogP contribution is 2.00.